The van der Waals surface area contributed by atoms with Gasteiger partial charge in [-0.1, -0.05) is 17.7 Å². The van der Waals surface area contributed by atoms with E-state index < -0.39 is 0 Å². The number of ether oxygens (including phenoxy) is 2. The minimum absolute atomic E-state index is 0.374. The maximum Gasteiger partial charge on any atom is 0.139 e. The fourth-order valence-corrected chi connectivity index (χ4v) is 4.59. The lowest BCUT2D eigenvalue weighted by molar-refractivity contribution is 0.198. The molecule has 0 bridgehead atoms. The zero-order chi connectivity index (χ0) is 23.3. The molecule has 2 aromatic rings. The smallest absolute Gasteiger partial charge is 0.139 e. The van der Waals surface area contributed by atoms with Gasteiger partial charge in [-0.15, -0.1) is 0 Å². The van der Waals surface area contributed by atoms with Gasteiger partial charge in [-0.3, -0.25) is 4.90 Å². The van der Waals surface area contributed by atoms with E-state index in [2.05, 4.69) is 67.8 Å². The zero-order valence-electron chi connectivity index (χ0n) is 20.4. The lowest BCUT2D eigenvalue weighted by atomic mass is 9.96. The Morgan fingerprint density at radius 2 is 1.72 bits per heavy atom. The van der Waals surface area contributed by atoms with Crippen LogP contribution < -0.4 is 14.4 Å². The first-order chi connectivity index (χ1) is 15.3. The molecule has 0 spiro atoms. The maximum absolute atomic E-state index is 6.19. The SMILES string of the molecule is COc1cc(N2CCN(C(C)c3ccc(OCCCN(C)C)c(C)c3C)CC2)ccc1Cl. The van der Waals surface area contributed by atoms with Gasteiger partial charge in [0, 0.05) is 50.5 Å². The maximum atomic E-state index is 6.19. The molecular formula is C26H38ClN3O2. The molecule has 0 N–H and O–H groups in total. The van der Waals surface area contributed by atoms with Crippen LogP contribution in [-0.2, 0) is 0 Å². The Hall–Kier alpha value is -1.95. The topological polar surface area (TPSA) is 28.2 Å². The second-order valence-electron chi connectivity index (χ2n) is 8.93. The summed E-state index contributed by atoms with van der Waals surface area (Å²) in [6.07, 6.45) is 1.04. The van der Waals surface area contributed by atoms with E-state index in [4.69, 9.17) is 21.1 Å². The summed E-state index contributed by atoms with van der Waals surface area (Å²) in [4.78, 5) is 7.17. The van der Waals surface area contributed by atoms with Crippen molar-refractivity contribution in [3.05, 3.63) is 52.0 Å². The first kappa shape index (κ1) is 24.7. The standard InChI is InChI=1S/C26H38ClN3O2/c1-19-20(2)25(32-17-7-12-28(4)5)11-9-23(19)21(3)29-13-15-30(16-14-29)22-8-10-24(27)26(18-22)31-6/h8-11,18,21H,7,12-17H2,1-6H3. The number of hydrogen-bond donors (Lipinski definition) is 0. The van der Waals surface area contributed by atoms with Gasteiger partial charge in [0.15, 0.2) is 0 Å². The van der Waals surface area contributed by atoms with Crippen LogP contribution in [0.4, 0.5) is 5.69 Å². The highest BCUT2D eigenvalue weighted by molar-refractivity contribution is 6.32. The van der Waals surface area contributed by atoms with E-state index in [0.29, 0.717) is 11.1 Å². The summed E-state index contributed by atoms with van der Waals surface area (Å²) in [6, 6.07) is 10.8. The third-order valence-corrected chi connectivity index (χ3v) is 6.91. The predicted molar refractivity (Wildman–Crippen MR) is 135 cm³/mol. The van der Waals surface area contributed by atoms with Gasteiger partial charge in [0.25, 0.3) is 0 Å². The minimum Gasteiger partial charge on any atom is -0.495 e. The number of rotatable bonds is 9. The fraction of sp³-hybridized carbons (Fsp3) is 0.538. The summed E-state index contributed by atoms with van der Waals surface area (Å²) in [7, 11) is 5.85. The molecule has 1 fully saturated rings. The van der Waals surface area contributed by atoms with Gasteiger partial charge in [0.05, 0.1) is 18.7 Å². The van der Waals surface area contributed by atoms with Gasteiger partial charge in [-0.05, 0) is 76.2 Å². The second kappa shape index (κ2) is 11.3. The highest BCUT2D eigenvalue weighted by Gasteiger charge is 2.24. The van der Waals surface area contributed by atoms with Gasteiger partial charge < -0.3 is 19.3 Å². The van der Waals surface area contributed by atoms with E-state index in [9.17, 15) is 0 Å². The molecule has 1 aliphatic rings. The van der Waals surface area contributed by atoms with Crippen LogP contribution >= 0.6 is 11.6 Å². The summed E-state index contributed by atoms with van der Waals surface area (Å²) in [5.41, 5.74) is 5.16. The molecule has 0 saturated carbocycles. The van der Waals surface area contributed by atoms with Crippen LogP contribution in [0, 0.1) is 13.8 Å². The number of piperazine rings is 1. The van der Waals surface area contributed by atoms with Crippen molar-refractivity contribution in [3.63, 3.8) is 0 Å². The van der Waals surface area contributed by atoms with Crippen molar-refractivity contribution in [2.75, 3.05) is 65.4 Å². The number of nitrogens with zero attached hydrogens (tertiary/aromatic N) is 3. The molecule has 0 radical (unpaired) electrons. The lowest BCUT2D eigenvalue weighted by Gasteiger charge is -2.40. The van der Waals surface area contributed by atoms with Crippen LogP contribution in [0.5, 0.6) is 11.5 Å². The normalized spacial score (nSPS) is 15.8. The van der Waals surface area contributed by atoms with Crippen LogP contribution in [0.15, 0.2) is 30.3 Å². The lowest BCUT2D eigenvalue weighted by Crippen LogP contribution is -2.47. The second-order valence-corrected chi connectivity index (χ2v) is 9.33. The average Bonchev–Trinajstić information content (AvgIpc) is 2.79. The summed E-state index contributed by atoms with van der Waals surface area (Å²) in [5.74, 6) is 1.74. The van der Waals surface area contributed by atoms with E-state index in [1.807, 2.05) is 12.1 Å². The van der Waals surface area contributed by atoms with Crippen molar-refractivity contribution in [2.24, 2.45) is 0 Å². The molecule has 32 heavy (non-hydrogen) atoms. The molecule has 1 heterocycles. The number of benzene rings is 2. The molecule has 6 heteroatoms. The molecule has 176 valence electrons. The van der Waals surface area contributed by atoms with E-state index in [1.165, 1.54) is 22.4 Å². The number of hydrogen-bond acceptors (Lipinski definition) is 5. The van der Waals surface area contributed by atoms with Crippen molar-refractivity contribution in [3.8, 4) is 11.5 Å². The van der Waals surface area contributed by atoms with Gasteiger partial charge in [0.2, 0.25) is 0 Å². The highest BCUT2D eigenvalue weighted by Crippen LogP contribution is 2.33. The molecular weight excluding hydrogens is 422 g/mol. The predicted octanol–water partition coefficient (Wildman–Crippen LogP) is 5.18. The molecule has 0 amide bonds. The molecule has 2 aromatic carbocycles. The summed E-state index contributed by atoms with van der Waals surface area (Å²) in [5, 5.41) is 0.652. The Bertz CT molecular complexity index is 895. The van der Waals surface area contributed by atoms with E-state index in [1.54, 1.807) is 7.11 Å². The van der Waals surface area contributed by atoms with Crippen LogP contribution in [0.3, 0.4) is 0 Å². The number of halogens is 1. The van der Waals surface area contributed by atoms with Crippen molar-refractivity contribution in [1.82, 2.24) is 9.80 Å². The molecule has 1 saturated heterocycles. The first-order valence-corrected chi connectivity index (χ1v) is 11.9. The Kier molecular flexibility index (Phi) is 8.69. The van der Waals surface area contributed by atoms with Crippen LogP contribution in [-0.4, -0.2) is 70.3 Å². The molecule has 1 atom stereocenters. The quantitative estimate of drug-likeness (QED) is 0.482. The van der Waals surface area contributed by atoms with Gasteiger partial charge >= 0.3 is 0 Å². The Morgan fingerprint density at radius 1 is 1.00 bits per heavy atom. The van der Waals surface area contributed by atoms with Crippen molar-refractivity contribution >= 4 is 17.3 Å². The Morgan fingerprint density at radius 3 is 2.38 bits per heavy atom. The third kappa shape index (κ3) is 5.89. The largest absolute Gasteiger partial charge is 0.495 e. The molecule has 5 nitrogen and oxygen atoms in total. The highest BCUT2D eigenvalue weighted by atomic mass is 35.5. The van der Waals surface area contributed by atoms with Crippen molar-refractivity contribution in [2.45, 2.75) is 33.2 Å². The molecule has 0 aromatic heterocycles. The summed E-state index contributed by atoms with van der Waals surface area (Å²) < 4.78 is 11.5. The number of methoxy groups -OCH3 is 1. The van der Waals surface area contributed by atoms with Crippen LogP contribution in [0.1, 0.15) is 36.1 Å². The van der Waals surface area contributed by atoms with Crippen LogP contribution in [0.25, 0.3) is 0 Å². The molecule has 3 rings (SSSR count). The van der Waals surface area contributed by atoms with Crippen molar-refractivity contribution in [1.29, 1.82) is 0 Å². The Labute approximate surface area is 198 Å². The first-order valence-electron chi connectivity index (χ1n) is 11.5. The zero-order valence-corrected chi connectivity index (χ0v) is 21.2. The molecule has 0 aliphatic carbocycles. The minimum atomic E-state index is 0.374. The summed E-state index contributed by atoms with van der Waals surface area (Å²) in [6.45, 7) is 12.5. The van der Waals surface area contributed by atoms with Gasteiger partial charge in [-0.25, -0.2) is 0 Å². The van der Waals surface area contributed by atoms with E-state index in [-0.39, 0.29) is 0 Å². The average molecular weight is 460 g/mol. The monoisotopic (exact) mass is 459 g/mol. The van der Waals surface area contributed by atoms with E-state index >= 15 is 0 Å². The number of anilines is 1. The van der Waals surface area contributed by atoms with Crippen LogP contribution in [0.2, 0.25) is 5.02 Å². The van der Waals surface area contributed by atoms with Crippen molar-refractivity contribution < 1.29 is 9.47 Å². The van der Waals surface area contributed by atoms with E-state index in [0.717, 1.165) is 57.3 Å². The molecule has 1 aliphatic heterocycles. The third-order valence-electron chi connectivity index (χ3n) is 6.60. The van der Waals surface area contributed by atoms with Gasteiger partial charge in [-0.2, -0.15) is 0 Å². The fourth-order valence-electron chi connectivity index (χ4n) is 4.40. The Balaban J connectivity index is 1.61. The van der Waals surface area contributed by atoms with Gasteiger partial charge in [0.1, 0.15) is 11.5 Å². The molecule has 1 unspecified atom stereocenters. The summed E-state index contributed by atoms with van der Waals surface area (Å²) >= 11 is 6.19.